The molecule has 0 heterocycles. The molecule has 2 N–H and O–H groups in total. The Morgan fingerprint density at radius 2 is 1.45 bits per heavy atom. The average molecular weight is 424 g/mol. The lowest BCUT2D eigenvalue weighted by Crippen LogP contribution is -2.19. The van der Waals surface area contributed by atoms with E-state index in [1.54, 1.807) is 6.92 Å². The van der Waals surface area contributed by atoms with Gasteiger partial charge in [0.1, 0.15) is 11.6 Å². The number of methoxy groups -OCH3 is 1. The van der Waals surface area contributed by atoms with Gasteiger partial charge in [-0.25, -0.2) is 13.6 Å². The molecule has 0 aliphatic heterocycles. The summed E-state index contributed by atoms with van der Waals surface area (Å²) in [5, 5.41) is 5.02. The van der Waals surface area contributed by atoms with Gasteiger partial charge in [-0.3, -0.25) is 9.59 Å². The smallest absolute Gasteiger partial charge is 0.337 e. The van der Waals surface area contributed by atoms with E-state index in [0.717, 1.165) is 12.1 Å². The summed E-state index contributed by atoms with van der Waals surface area (Å²) >= 11 is 0. The van der Waals surface area contributed by atoms with Crippen LogP contribution in [0.2, 0.25) is 0 Å². The molecule has 3 aromatic carbocycles. The van der Waals surface area contributed by atoms with E-state index < -0.39 is 29.4 Å². The lowest BCUT2D eigenvalue weighted by Gasteiger charge is -2.12. The van der Waals surface area contributed by atoms with E-state index in [1.165, 1.54) is 55.6 Å². The molecular weight excluding hydrogens is 406 g/mol. The number of ether oxygens (including phenoxy) is 1. The third kappa shape index (κ3) is 4.92. The lowest BCUT2D eigenvalue weighted by atomic mass is 10.1. The number of carbonyl (C=O) groups excluding carboxylic acids is 3. The molecule has 6 nitrogen and oxygen atoms in total. The first-order valence-corrected chi connectivity index (χ1v) is 9.16. The molecule has 0 saturated carbocycles. The average Bonchev–Trinajstić information content (AvgIpc) is 2.76. The molecule has 0 radical (unpaired) electrons. The van der Waals surface area contributed by atoms with Crippen LogP contribution in [-0.4, -0.2) is 24.9 Å². The monoisotopic (exact) mass is 424 g/mol. The molecular formula is C23H18F2N2O4. The Balaban J connectivity index is 1.80. The summed E-state index contributed by atoms with van der Waals surface area (Å²) in [5.74, 6) is -3.53. The number of esters is 1. The van der Waals surface area contributed by atoms with Crippen LogP contribution < -0.4 is 10.6 Å². The van der Waals surface area contributed by atoms with Crippen molar-refractivity contribution in [1.29, 1.82) is 0 Å². The summed E-state index contributed by atoms with van der Waals surface area (Å²) in [7, 11) is 1.26. The van der Waals surface area contributed by atoms with E-state index in [4.69, 9.17) is 0 Å². The molecule has 0 atom stereocenters. The van der Waals surface area contributed by atoms with Crippen LogP contribution in [0.5, 0.6) is 0 Å². The van der Waals surface area contributed by atoms with Crippen molar-refractivity contribution in [2.45, 2.75) is 6.92 Å². The highest BCUT2D eigenvalue weighted by atomic mass is 19.1. The normalized spacial score (nSPS) is 10.3. The standard InChI is InChI=1S/C23H18F2N2O4/c1-13-12-14(23(30)31-2)6-11-19(13)27-22(29)18-5-3-4-17(20(18)25)21(28)26-16-9-7-15(24)8-10-16/h3-12H,1-2H3,(H,26,28)(H,27,29). The van der Waals surface area contributed by atoms with Crippen LogP contribution in [-0.2, 0) is 4.74 Å². The molecule has 3 aromatic rings. The fraction of sp³-hybridized carbons (Fsp3) is 0.0870. The van der Waals surface area contributed by atoms with Crippen LogP contribution in [0.1, 0.15) is 36.6 Å². The van der Waals surface area contributed by atoms with Gasteiger partial charge >= 0.3 is 5.97 Å². The fourth-order valence-electron chi connectivity index (χ4n) is 2.85. The van der Waals surface area contributed by atoms with Gasteiger partial charge in [-0.2, -0.15) is 0 Å². The van der Waals surface area contributed by atoms with Crippen molar-refractivity contribution in [3.8, 4) is 0 Å². The summed E-state index contributed by atoms with van der Waals surface area (Å²) in [4.78, 5) is 36.6. The SMILES string of the molecule is COC(=O)c1ccc(NC(=O)c2cccc(C(=O)Nc3ccc(F)cc3)c2F)c(C)c1. The molecule has 0 aromatic heterocycles. The molecule has 0 spiro atoms. The molecule has 0 fully saturated rings. The van der Waals surface area contributed by atoms with Crippen molar-refractivity contribution in [1.82, 2.24) is 0 Å². The predicted octanol–water partition coefficient (Wildman–Crippen LogP) is 4.56. The van der Waals surface area contributed by atoms with Crippen molar-refractivity contribution in [2.75, 3.05) is 17.7 Å². The molecule has 0 bridgehead atoms. The van der Waals surface area contributed by atoms with E-state index in [1.807, 2.05) is 0 Å². The van der Waals surface area contributed by atoms with Crippen LogP contribution in [0.25, 0.3) is 0 Å². The van der Waals surface area contributed by atoms with Gasteiger partial charge in [0.2, 0.25) is 0 Å². The van der Waals surface area contributed by atoms with Gasteiger partial charge in [0.05, 0.1) is 23.8 Å². The van der Waals surface area contributed by atoms with Gasteiger partial charge in [-0.15, -0.1) is 0 Å². The molecule has 0 aliphatic rings. The quantitative estimate of drug-likeness (QED) is 0.588. The van der Waals surface area contributed by atoms with Gasteiger partial charge in [-0.05, 0) is 67.1 Å². The molecule has 158 valence electrons. The molecule has 0 aliphatic carbocycles. The van der Waals surface area contributed by atoms with Crippen molar-refractivity contribution in [3.63, 3.8) is 0 Å². The second kappa shape index (κ2) is 9.17. The molecule has 31 heavy (non-hydrogen) atoms. The van der Waals surface area contributed by atoms with Crippen molar-refractivity contribution < 1.29 is 27.9 Å². The first kappa shape index (κ1) is 21.6. The minimum Gasteiger partial charge on any atom is -0.465 e. The Morgan fingerprint density at radius 1 is 0.839 bits per heavy atom. The Labute approximate surface area is 176 Å². The highest BCUT2D eigenvalue weighted by molar-refractivity contribution is 6.09. The van der Waals surface area contributed by atoms with Crippen LogP contribution in [0.15, 0.2) is 60.7 Å². The zero-order valence-corrected chi connectivity index (χ0v) is 16.7. The molecule has 0 saturated heterocycles. The topological polar surface area (TPSA) is 84.5 Å². The first-order chi connectivity index (χ1) is 14.8. The van der Waals surface area contributed by atoms with Gasteiger partial charge in [0.25, 0.3) is 11.8 Å². The van der Waals surface area contributed by atoms with Gasteiger partial charge < -0.3 is 15.4 Å². The van der Waals surface area contributed by atoms with Gasteiger partial charge in [-0.1, -0.05) is 6.07 Å². The van der Waals surface area contributed by atoms with E-state index in [0.29, 0.717) is 16.8 Å². The molecule has 2 amide bonds. The van der Waals surface area contributed by atoms with Crippen LogP contribution in [0.3, 0.4) is 0 Å². The maximum absolute atomic E-state index is 14.9. The summed E-state index contributed by atoms with van der Waals surface area (Å²) in [6.07, 6.45) is 0. The van der Waals surface area contributed by atoms with E-state index >= 15 is 0 Å². The molecule has 3 rings (SSSR count). The summed E-state index contributed by atoms with van der Waals surface area (Å²) < 4.78 is 32.6. The predicted molar refractivity (Wildman–Crippen MR) is 111 cm³/mol. The van der Waals surface area contributed by atoms with Crippen molar-refractivity contribution in [2.24, 2.45) is 0 Å². The number of halogens is 2. The van der Waals surface area contributed by atoms with Gasteiger partial charge in [0.15, 0.2) is 0 Å². The largest absolute Gasteiger partial charge is 0.465 e. The summed E-state index contributed by atoms with van der Waals surface area (Å²) in [6.45, 7) is 1.67. The zero-order valence-electron chi connectivity index (χ0n) is 16.7. The minimum absolute atomic E-state index is 0.280. The van der Waals surface area contributed by atoms with Crippen molar-refractivity contribution >= 4 is 29.2 Å². The first-order valence-electron chi connectivity index (χ1n) is 9.16. The lowest BCUT2D eigenvalue weighted by molar-refractivity contribution is 0.0600. The maximum Gasteiger partial charge on any atom is 0.337 e. The number of aryl methyl sites for hydroxylation is 1. The summed E-state index contributed by atoms with van der Waals surface area (Å²) in [6, 6.07) is 13.4. The Hall–Kier alpha value is -4.07. The Bertz CT molecular complexity index is 1160. The number of nitrogens with one attached hydrogen (secondary N) is 2. The van der Waals surface area contributed by atoms with Gasteiger partial charge in [0, 0.05) is 11.4 Å². The third-order valence-electron chi connectivity index (χ3n) is 4.49. The van der Waals surface area contributed by atoms with Crippen LogP contribution in [0, 0.1) is 18.6 Å². The third-order valence-corrected chi connectivity index (χ3v) is 4.49. The fourth-order valence-corrected chi connectivity index (χ4v) is 2.85. The number of rotatable bonds is 5. The zero-order chi connectivity index (χ0) is 22.5. The van der Waals surface area contributed by atoms with Crippen molar-refractivity contribution in [3.05, 3.63) is 94.6 Å². The van der Waals surface area contributed by atoms with E-state index in [2.05, 4.69) is 15.4 Å². The maximum atomic E-state index is 14.9. The summed E-state index contributed by atoms with van der Waals surface area (Å²) in [5.41, 5.74) is 0.864. The number of hydrogen-bond donors (Lipinski definition) is 2. The number of carbonyl (C=O) groups is 3. The highest BCUT2D eigenvalue weighted by Gasteiger charge is 2.20. The minimum atomic E-state index is -0.997. The Kier molecular flexibility index (Phi) is 6.40. The number of hydrogen-bond acceptors (Lipinski definition) is 4. The Morgan fingerprint density at radius 3 is 2.03 bits per heavy atom. The number of amides is 2. The molecule has 0 unspecified atom stereocenters. The van der Waals surface area contributed by atoms with Crippen LogP contribution in [0.4, 0.5) is 20.2 Å². The second-order valence-electron chi connectivity index (χ2n) is 6.60. The van der Waals surface area contributed by atoms with Crippen LogP contribution >= 0.6 is 0 Å². The number of anilines is 2. The highest BCUT2D eigenvalue weighted by Crippen LogP contribution is 2.21. The second-order valence-corrected chi connectivity index (χ2v) is 6.60. The van der Waals surface area contributed by atoms with E-state index in [-0.39, 0.29) is 16.8 Å². The number of benzene rings is 3. The van der Waals surface area contributed by atoms with E-state index in [9.17, 15) is 23.2 Å². The molecule has 8 heteroatoms.